The van der Waals surface area contributed by atoms with Gasteiger partial charge < -0.3 is 4.74 Å². The highest BCUT2D eigenvalue weighted by Crippen LogP contribution is 2.29. The van der Waals surface area contributed by atoms with E-state index < -0.39 is 10.0 Å². The second-order valence-corrected chi connectivity index (χ2v) is 11.9. The lowest BCUT2D eigenvalue weighted by molar-refractivity contribution is 0.150. The zero-order valence-electron chi connectivity index (χ0n) is 19.5. The van der Waals surface area contributed by atoms with Gasteiger partial charge in [0.05, 0.1) is 18.1 Å². The highest BCUT2D eigenvalue weighted by Gasteiger charge is 2.41. The van der Waals surface area contributed by atoms with Gasteiger partial charge in [-0.15, -0.1) is 0 Å². The molecule has 2 aliphatic heterocycles. The lowest BCUT2D eigenvalue weighted by Crippen LogP contribution is -2.52. The Morgan fingerprint density at radius 3 is 2.53 bits per heavy atom. The molecular weight excluding hydrogens is 426 g/mol. The third kappa shape index (κ3) is 4.79. The van der Waals surface area contributed by atoms with Gasteiger partial charge in [0.1, 0.15) is 6.10 Å². The summed E-state index contributed by atoms with van der Waals surface area (Å²) in [5.74, 6) is 0.843. The Kier molecular flexibility index (Phi) is 6.26. The van der Waals surface area contributed by atoms with Gasteiger partial charge in [0.25, 0.3) is 10.0 Å². The number of rotatable bonds is 5. The smallest absolute Gasteiger partial charge is 0.260 e. The minimum absolute atomic E-state index is 0.0239. The van der Waals surface area contributed by atoms with Crippen LogP contribution in [0.5, 0.6) is 5.88 Å². The third-order valence-corrected chi connectivity index (χ3v) is 7.93. The van der Waals surface area contributed by atoms with Crippen molar-refractivity contribution in [3.63, 3.8) is 0 Å². The molecule has 2 atom stereocenters. The van der Waals surface area contributed by atoms with Crippen molar-refractivity contribution in [2.24, 2.45) is 0 Å². The molecule has 0 radical (unpaired) electrons. The second kappa shape index (κ2) is 8.68. The summed E-state index contributed by atoms with van der Waals surface area (Å²) in [5.41, 5.74) is 1.50. The molecule has 0 aromatic carbocycles. The standard InChI is InChI=1S/C23H33N5O3S/c1-16(2)19-12-25-21(13-24-19)31-18-11-17-14-28(10-9-27(17)15-18)32(29,30)22-8-6-7-20(26-22)23(3,4)5/h6-8,12-13,16-18H,9-11,14-15H2,1-5H3/t17-,18+/m0/s1. The van der Waals surface area contributed by atoms with Gasteiger partial charge in [-0.2, -0.15) is 4.31 Å². The number of ether oxygens (including phenoxy) is 1. The van der Waals surface area contributed by atoms with E-state index in [0.717, 1.165) is 24.4 Å². The predicted octanol–water partition coefficient (Wildman–Crippen LogP) is 2.82. The van der Waals surface area contributed by atoms with Gasteiger partial charge in [-0.3, -0.25) is 9.88 Å². The highest BCUT2D eigenvalue weighted by molar-refractivity contribution is 7.89. The SMILES string of the molecule is CC(C)c1cnc(O[C@@H]2C[C@H]3CN(S(=O)(=O)c4cccc(C(C)(C)C)n4)CCN3C2)cn1. The minimum atomic E-state index is -3.64. The van der Waals surface area contributed by atoms with Gasteiger partial charge in [-0.1, -0.05) is 40.7 Å². The summed E-state index contributed by atoms with van der Waals surface area (Å²) in [5, 5.41) is 0.129. The van der Waals surface area contributed by atoms with Crippen LogP contribution in [0.4, 0.5) is 0 Å². The molecule has 32 heavy (non-hydrogen) atoms. The fraction of sp³-hybridized carbons (Fsp3) is 0.609. The first-order valence-electron chi connectivity index (χ1n) is 11.2. The fourth-order valence-corrected chi connectivity index (χ4v) is 5.66. The molecule has 2 saturated heterocycles. The molecule has 2 aromatic rings. The molecular formula is C23H33N5O3S. The normalized spacial score (nSPS) is 22.8. The summed E-state index contributed by atoms with van der Waals surface area (Å²) in [6.07, 6.45) is 4.17. The zero-order valence-corrected chi connectivity index (χ0v) is 20.3. The molecule has 0 unspecified atom stereocenters. The van der Waals surface area contributed by atoms with Crippen molar-refractivity contribution >= 4 is 10.0 Å². The topological polar surface area (TPSA) is 88.5 Å². The zero-order chi connectivity index (χ0) is 23.1. The maximum absolute atomic E-state index is 13.3. The first kappa shape index (κ1) is 23.1. The molecule has 2 fully saturated rings. The van der Waals surface area contributed by atoms with Gasteiger partial charge >= 0.3 is 0 Å². The van der Waals surface area contributed by atoms with E-state index in [-0.39, 0.29) is 22.6 Å². The maximum atomic E-state index is 13.3. The van der Waals surface area contributed by atoms with E-state index >= 15 is 0 Å². The number of hydrogen-bond acceptors (Lipinski definition) is 7. The average Bonchev–Trinajstić information content (AvgIpc) is 3.15. The Labute approximate surface area is 191 Å². The molecule has 2 aliphatic rings. The van der Waals surface area contributed by atoms with Crippen LogP contribution < -0.4 is 4.74 Å². The molecule has 0 amide bonds. The number of piperazine rings is 1. The molecule has 0 spiro atoms. The van der Waals surface area contributed by atoms with Crippen molar-refractivity contribution in [2.75, 3.05) is 26.2 Å². The van der Waals surface area contributed by atoms with E-state index in [2.05, 4.69) is 33.7 Å². The van der Waals surface area contributed by atoms with Crippen LogP contribution in [-0.2, 0) is 15.4 Å². The minimum Gasteiger partial charge on any atom is -0.472 e. The van der Waals surface area contributed by atoms with Gasteiger partial charge in [0.2, 0.25) is 5.88 Å². The maximum Gasteiger partial charge on any atom is 0.260 e. The van der Waals surface area contributed by atoms with E-state index in [1.54, 1.807) is 28.8 Å². The quantitative estimate of drug-likeness (QED) is 0.679. The number of nitrogens with zero attached hydrogens (tertiary/aromatic N) is 5. The number of pyridine rings is 1. The van der Waals surface area contributed by atoms with Crippen LogP contribution in [0.3, 0.4) is 0 Å². The van der Waals surface area contributed by atoms with E-state index in [1.165, 1.54) is 0 Å². The van der Waals surface area contributed by atoms with E-state index in [4.69, 9.17) is 4.74 Å². The summed E-state index contributed by atoms with van der Waals surface area (Å²) < 4.78 is 34.3. The fourth-order valence-electron chi connectivity index (χ4n) is 4.24. The summed E-state index contributed by atoms with van der Waals surface area (Å²) in [4.78, 5) is 15.6. The van der Waals surface area contributed by atoms with Crippen LogP contribution in [0.15, 0.2) is 35.6 Å². The lowest BCUT2D eigenvalue weighted by Gasteiger charge is -2.36. The van der Waals surface area contributed by atoms with Crippen LogP contribution in [0.25, 0.3) is 0 Å². The van der Waals surface area contributed by atoms with E-state index in [1.807, 2.05) is 26.8 Å². The van der Waals surface area contributed by atoms with Crippen LogP contribution in [0.2, 0.25) is 0 Å². The number of sulfonamides is 1. The van der Waals surface area contributed by atoms with E-state index in [9.17, 15) is 8.42 Å². The van der Waals surface area contributed by atoms with Gasteiger partial charge in [-0.25, -0.2) is 18.4 Å². The van der Waals surface area contributed by atoms with Crippen molar-refractivity contribution in [2.45, 2.75) is 69.5 Å². The summed E-state index contributed by atoms with van der Waals surface area (Å²) in [6.45, 7) is 12.6. The molecule has 0 aliphatic carbocycles. The first-order valence-corrected chi connectivity index (χ1v) is 12.7. The Balaban J connectivity index is 1.42. The van der Waals surface area contributed by atoms with Gasteiger partial charge in [0.15, 0.2) is 5.03 Å². The summed E-state index contributed by atoms with van der Waals surface area (Å²) >= 11 is 0. The van der Waals surface area contributed by atoms with E-state index in [0.29, 0.717) is 31.4 Å². The van der Waals surface area contributed by atoms with Gasteiger partial charge in [0, 0.05) is 49.8 Å². The number of fused-ring (bicyclic) bond motifs is 1. The number of hydrogen-bond donors (Lipinski definition) is 0. The van der Waals surface area contributed by atoms with Crippen LogP contribution in [0.1, 0.15) is 58.3 Å². The Morgan fingerprint density at radius 1 is 1.09 bits per heavy atom. The van der Waals surface area contributed by atoms with Crippen molar-refractivity contribution < 1.29 is 13.2 Å². The lowest BCUT2D eigenvalue weighted by atomic mass is 9.92. The molecule has 0 saturated carbocycles. The van der Waals surface area contributed by atoms with Gasteiger partial charge in [-0.05, 0) is 18.1 Å². The predicted molar refractivity (Wildman–Crippen MR) is 122 cm³/mol. The van der Waals surface area contributed by atoms with Crippen molar-refractivity contribution in [1.29, 1.82) is 0 Å². The van der Waals surface area contributed by atoms with Crippen LogP contribution in [0, 0.1) is 0 Å². The molecule has 9 heteroatoms. The molecule has 4 heterocycles. The molecule has 0 bridgehead atoms. The second-order valence-electron chi connectivity index (χ2n) is 10.0. The van der Waals surface area contributed by atoms with Crippen LogP contribution >= 0.6 is 0 Å². The Bertz CT molecular complexity index is 1050. The molecule has 174 valence electrons. The first-order chi connectivity index (χ1) is 15.0. The summed E-state index contributed by atoms with van der Waals surface area (Å²) in [6, 6.07) is 5.38. The Hall–Kier alpha value is -2.10. The Morgan fingerprint density at radius 2 is 1.88 bits per heavy atom. The molecule has 0 N–H and O–H groups in total. The highest BCUT2D eigenvalue weighted by atomic mass is 32.2. The van der Waals surface area contributed by atoms with Crippen molar-refractivity contribution in [3.8, 4) is 5.88 Å². The third-order valence-electron chi connectivity index (χ3n) is 6.16. The summed E-state index contributed by atoms with van der Waals surface area (Å²) in [7, 11) is -3.64. The number of aromatic nitrogens is 3. The molecule has 2 aromatic heterocycles. The molecule has 4 rings (SSSR count). The van der Waals surface area contributed by atoms with Crippen molar-refractivity contribution in [1.82, 2.24) is 24.2 Å². The average molecular weight is 460 g/mol. The van der Waals surface area contributed by atoms with Crippen LogP contribution in [-0.4, -0.2) is 70.9 Å². The monoisotopic (exact) mass is 459 g/mol. The molecule has 8 nitrogen and oxygen atoms in total. The van der Waals surface area contributed by atoms with Crippen molar-refractivity contribution in [3.05, 3.63) is 42.0 Å². The largest absolute Gasteiger partial charge is 0.472 e.